The van der Waals surface area contributed by atoms with Gasteiger partial charge in [-0.05, 0) is 32.6 Å². The van der Waals surface area contributed by atoms with E-state index in [9.17, 15) is 9.59 Å². The number of amides is 2. The van der Waals surface area contributed by atoms with Gasteiger partial charge in [0.2, 0.25) is 0 Å². The van der Waals surface area contributed by atoms with Crippen LogP contribution in [0.4, 0.5) is 4.79 Å². The molecule has 2 atom stereocenters. The number of ether oxygens (including phenoxy) is 1. The monoisotopic (exact) mass is 326 g/mol. The molecule has 6 nitrogen and oxygen atoms in total. The predicted molar refractivity (Wildman–Crippen MR) is 87.4 cm³/mol. The lowest BCUT2D eigenvalue weighted by Crippen LogP contribution is -2.66. The molecule has 2 aliphatic rings. The van der Waals surface area contributed by atoms with Crippen LogP contribution in [0.25, 0.3) is 0 Å². The van der Waals surface area contributed by atoms with Crippen LogP contribution in [0.2, 0.25) is 0 Å². The molecule has 2 amide bonds. The van der Waals surface area contributed by atoms with Crippen LogP contribution in [0.5, 0.6) is 0 Å². The molecule has 2 N–H and O–H groups in total. The summed E-state index contributed by atoms with van der Waals surface area (Å²) in [5.41, 5.74) is 0.120. The van der Waals surface area contributed by atoms with Crippen molar-refractivity contribution < 1.29 is 19.4 Å². The third-order valence-corrected chi connectivity index (χ3v) is 5.36. The number of carbonyl (C=O) groups excluding carboxylic acids is 1. The van der Waals surface area contributed by atoms with Crippen molar-refractivity contribution in [3.05, 3.63) is 0 Å². The zero-order chi connectivity index (χ0) is 16.9. The van der Waals surface area contributed by atoms with Crippen LogP contribution in [-0.2, 0) is 9.53 Å². The number of carbonyl (C=O) groups is 2. The van der Waals surface area contributed by atoms with E-state index in [-0.39, 0.29) is 36.6 Å². The summed E-state index contributed by atoms with van der Waals surface area (Å²) in [5.74, 6) is -0.889. The SMILES string of the molecule is CCCN(C(=O)NCCC(=O)O)C1CC(OCC)C12CCCC2. The molecule has 1 spiro atoms. The molecule has 6 heteroatoms. The second kappa shape index (κ2) is 7.99. The van der Waals surface area contributed by atoms with Gasteiger partial charge in [-0.2, -0.15) is 0 Å². The van der Waals surface area contributed by atoms with Gasteiger partial charge in [-0.3, -0.25) is 4.79 Å². The zero-order valence-corrected chi connectivity index (χ0v) is 14.3. The van der Waals surface area contributed by atoms with Crippen molar-refractivity contribution in [3.8, 4) is 0 Å². The van der Waals surface area contributed by atoms with Crippen molar-refractivity contribution in [2.45, 2.75) is 70.9 Å². The van der Waals surface area contributed by atoms with E-state index in [0.717, 1.165) is 32.3 Å². The van der Waals surface area contributed by atoms with Crippen LogP contribution in [0.1, 0.15) is 58.8 Å². The van der Waals surface area contributed by atoms with E-state index in [4.69, 9.17) is 9.84 Å². The van der Waals surface area contributed by atoms with Gasteiger partial charge in [0.1, 0.15) is 0 Å². The van der Waals surface area contributed by atoms with E-state index >= 15 is 0 Å². The molecule has 2 saturated carbocycles. The Morgan fingerprint density at radius 3 is 2.57 bits per heavy atom. The maximum atomic E-state index is 12.5. The molecule has 0 saturated heterocycles. The van der Waals surface area contributed by atoms with Gasteiger partial charge in [0.05, 0.1) is 12.5 Å². The average Bonchev–Trinajstić information content (AvgIpc) is 3.01. The van der Waals surface area contributed by atoms with Crippen molar-refractivity contribution in [1.29, 1.82) is 0 Å². The van der Waals surface area contributed by atoms with Crippen LogP contribution in [0.15, 0.2) is 0 Å². The number of urea groups is 1. The van der Waals surface area contributed by atoms with Gasteiger partial charge in [-0.1, -0.05) is 19.8 Å². The Morgan fingerprint density at radius 2 is 2.00 bits per heavy atom. The molecule has 0 aromatic carbocycles. The Labute approximate surface area is 138 Å². The summed E-state index contributed by atoms with van der Waals surface area (Å²) in [6.07, 6.45) is 6.71. The molecular weight excluding hydrogens is 296 g/mol. The highest BCUT2D eigenvalue weighted by Gasteiger charge is 2.59. The van der Waals surface area contributed by atoms with Gasteiger partial charge in [-0.15, -0.1) is 0 Å². The predicted octanol–water partition coefficient (Wildman–Crippen LogP) is 2.62. The third kappa shape index (κ3) is 3.79. The molecule has 2 aliphatic carbocycles. The lowest BCUT2D eigenvalue weighted by atomic mass is 9.60. The summed E-state index contributed by atoms with van der Waals surface area (Å²) in [6.45, 7) is 5.71. The number of nitrogens with zero attached hydrogens (tertiary/aromatic N) is 1. The van der Waals surface area contributed by atoms with Crippen molar-refractivity contribution in [1.82, 2.24) is 10.2 Å². The summed E-state index contributed by atoms with van der Waals surface area (Å²) in [6, 6.07) is 0.102. The van der Waals surface area contributed by atoms with E-state index in [1.807, 2.05) is 11.8 Å². The van der Waals surface area contributed by atoms with Gasteiger partial charge in [0.25, 0.3) is 0 Å². The summed E-state index contributed by atoms with van der Waals surface area (Å²) >= 11 is 0. The number of carboxylic acids is 1. The standard InChI is InChI=1S/C17H30N2O4/c1-3-11-19(16(22)18-10-7-15(20)21)13-12-14(23-4-2)17(13)8-5-6-9-17/h13-14H,3-12H2,1-2H3,(H,18,22)(H,20,21). The van der Waals surface area contributed by atoms with Crippen LogP contribution in [0.3, 0.4) is 0 Å². The quantitative estimate of drug-likeness (QED) is 0.718. The normalized spacial score (nSPS) is 25.1. The van der Waals surface area contributed by atoms with Crippen molar-refractivity contribution in [3.63, 3.8) is 0 Å². The summed E-state index contributed by atoms with van der Waals surface area (Å²) in [4.78, 5) is 25.1. The summed E-state index contributed by atoms with van der Waals surface area (Å²) in [5, 5.41) is 11.5. The Hall–Kier alpha value is -1.30. The maximum Gasteiger partial charge on any atom is 0.317 e. The average molecular weight is 326 g/mol. The number of nitrogens with one attached hydrogen (secondary N) is 1. The van der Waals surface area contributed by atoms with Crippen LogP contribution < -0.4 is 5.32 Å². The molecule has 0 bridgehead atoms. The highest BCUT2D eigenvalue weighted by molar-refractivity contribution is 5.76. The van der Waals surface area contributed by atoms with Gasteiger partial charge < -0.3 is 20.1 Å². The largest absolute Gasteiger partial charge is 0.481 e. The fourth-order valence-corrected chi connectivity index (χ4v) is 4.31. The van der Waals surface area contributed by atoms with E-state index < -0.39 is 5.97 Å². The van der Waals surface area contributed by atoms with Crippen molar-refractivity contribution >= 4 is 12.0 Å². The van der Waals surface area contributed by atoms with Gasteiger partial charge in [-0.25, -0.2) is 4.79 Å². The molecule has 2 unspecified atom stereocenters. The first-order chi connectivity index (χ1) is 11.0. The third-order valence-electron chi connectivity index (χ3n) is 5.36. The minimum atomic E-state index is -0.889. The second-order valence-corrected chi connectivity index (χ2v) is 6.70. The van der Waals surface area contributed by atoms with Gasteiger partial charge >= 0.3 is 12.0 Å². The van der Waals surface area contributed by atoms with Crippen LogP contribution in [-0.4, -0.2) is 53.8 Å². The molecular formula is C17H30N2O4. The summed E-state index contributed by atoms with van der Waals surface area (Å²) < 4.78 is 5.93. The molecule has 0 aromatic heterocycles. The Morgan fingerprint density at radius 1 is 1.30 bits per heavy atom. The van der Waals surface area contributed by atoms with Gasteiger partial charge in [0.15, 0.2) is 0 Å². The second-order valence-electron chi connectivity index (χ2n) is 6.70. The van der Waals surface area contributed by atoms with E-state index in [1.54, 1.807) is 0 Å². The van der Waals surface area contributed by atoms with Crippen LogP contribution in [0, 0.1) is 5.41 Å². The lowest BCUT2D eigenvalue weighted by Gasteiger charge is -2.57. The number of aliphatic carboxylic acids is 1. The molecule has 0 aromatic rings. The molecule has 2 fully saturated rings. The fourth-order valence-electron chi connectivity index (χ4n) is 4.31. The maximum absolute atomic E-state index is 12.5. The van der Waals surface area contributed by atoms with Gasteiger partial charge in [0, 0.05) is 31.2 Å². The minimum Gasteiger partial charge on any atom is -0.481 e. The van der Waals surface area contributed by atoms with Crippen LogP contribution >= 0.6 is 0 Å². The Kier molecular flexibility index (Phi) is 6.27. The van der Waals surface area contributed by atoms with Crippen molar-refractivity contribution in [2.24, 2.45) is 5.41 Å². The molecule has 0 aliphatic heterocycles. The first kappa shape index (κ1) is 18.0. The highest BCUT2D eigenvalue weighted by atomic mass is 16.5. The molecule has 132 valence electrons. The number of rotatable bonds is 8. The molecule has 0 radical (unpaired) electrons. The lowest BCUT2D eigenvalue weighted by molar-refractivity contribution is -0.155. The van der Waals surface area contributed by atoms with E-state index in [0.29, 0.717) is 6.54 Å². The molecule has 0 heterocycles. The molecule has 2 rings (SSSR count). The topological polar surface area (TPSA) is 78.9 Å². The summed E-state index contributed by atoms with van der Waals surface area (Å²) in [7, 11) is 0. The highest BCUT2D eigenvalue weighted by Crippen LogP contribution is 2.56. The number of hydrogen-bond donors (Lipinski definition) is 2. The van der Waals surface area contributed by atoms with E-state index in [2.05, 4.69) is 12.2 Å². The minimum absolute atomic E-state index is 0.0386. The van der Waals surface area contributed by atoms with E-state index in [1.165, 1.54) is 12.8 Å². The molecule has 23 heavy (non-hydrogen) atoms. The Bertz CT molecular complexity index is 421. The number of carboxylic acid groups (broad SMARTS) is 1. The zero-order valence-electron chi connectivity index (χ0n) is 14.3. The smallest absolute Gasteiger partial charge is 0.317 e. The number of hydrogen-bond acceptors (Lipinski definition) is 3. The first-order valence-corrected chi connectivity index (χ1v) is 8.93. The first-order valence-electron chi connectivity index (χ1n) is 8.93. The Balaban J connectivity index is 2.02. The fraction of sp³-hybridized carbons (Fsp3) is 0.882. The van der Waals surface area contributed by atoms with Crippen molar-refractivity contribution in [2.75, 3.05) is 19.7 Å².